The van der Waals surface area contributed by atoms with Gasteiger partial charge in [0.05, 0.1) is 11.7 Å². The Labute approximate surface area is 154 Å². The van der Waals surface area contributed by atoms with E-state index in [1.165, 1.54) is 6.92 Å². The lowest BCUT2D eigenvalue weighted by molar-refractivity contribution is -0.114. The third-order valence-electron chi connectivity index (χ3n) is 4.04. The maximum atomic E-state index is 11.3. The maximum absolute atomic E-state index is 11.3. The van der Waals surface area contributed by atoms with Gasteiger partial charge in [-0.2, -0.15) is 0 Å². The van der Waals surface area contributed by atoms with Gasteiger partial charge in [0, 0.05) is 30.1 Å². The Morgan fingerprint density at radius 2 is 2.27 bits per heavy atom. The van der Waals surface area contributed by atoms with Crippen LogP contribution in [0.2, 0.25) is 0 Å². The molecule has 1 aliphatic heterocycles. The normalized spacial score (nSPS) is 15.9. The molecule has 3 aromatic rings. The van der Waals surface area contributed by atoms with Gasteiger partial charge in [0.15, 0.2) is 11.5 Å². The Morgan fingerprint density at radius 3 is 3.04 bits per heavy atom. The van der Waals surface area contributed by atoms with Crippen LogP contribution in [0, 0.1) is 0 Å². The summed E-state index contributed by atoms with van der Waals surface area (Å²) in [6.07, 6.45) is 5.53. The van der Waals surface area contributed by atoms with Crippen molar-refractivity contribution in [3.8, 4) is 22.8 Å². The number of hydrogen-bond donors (Lipinski definition) is 2. The minimum absolute atomic E-state index is 0.00834. The molecule has 1 amide bonds. The Morgan fingerprint density at radius 1 is 1.42 bits per heavy atom. The van der Waals surface area contributed by atoms with E-state index in [0.717, 1.165) is 21.5 Å². The molecular formula is C18H18N4O3S. The first-order valence-electron chi connectivity index (χ1n) is 8.18. The Balaban J connectivity index is 1.89. The van der Waals surface area contributed by atoms with Crippen molar-refractivity contribution in [2.75, 3.05) is 18.2 Å². The van der Waals surface area contributed by atoms with Crippen LogP contribution in [-0.2, 0) is 4.79 Å². The lowest BCUT2D eigenvalue weighted by Gasteiger charge is -2.25. The summed E-state index contributed by atoms with van der Waals surface area (Å²) < 4.78 is 11.9. The lowest BCUT2D eigenvalue weighted by Crippen LogP contribution is -2.26. The SMILES string of the molecule is CSc1cc2c(c(-c3c[nH]c4cnc(NC(C)=O)cc34)n1)OC[C@H](C)O2. The molecular weight excluding hydrogens is 352 g/mol. The zero-order valence-corrected chi connectivity index (χ0v) is 15.4. The number of nitrogens with zero attached hydrogens (tertiary/aromatic N) is 2. The van der Waals surface area contributed by atoms with Crippen LogP contribution in [0.3, 0.4) is 0 Å². The summed E-state index contributed by atoms with van der Waals surface area (Å²) in [4.78, 5) is 23.5. The number of carbonyl (C=O) groups excluding carboxylic acids is 1. The summed E-state index contributed by atoms with van der Waals surface area (Å²) in [6, 6.07) is 3.73. The molecule has 26 heavy (non-hydrogen) atoms. The second-order valence-electron chi connectivity index (χ2n) is 6.08. The van der Waals surface area contributed by atoms with Gasteiger partial charge in [0.1, 0.15) is 29.2 Å². The van der Waals surface area contributed by atoms with E-state index in [9.17, 15) is 4.79 Å². The molecule has 0 saturated heterocycles. The number of aromatic amines is 1. The average molecular weight is 370 g/mol. The van der Waals surface area contributed by atoms with Crippen LogP contribution in [0.25, 0.3) is 22.2 Å². The summed E-state index contributed by atoms with van der Waals surface area (Å²) in [7, 11) is 0. The number of thioether (sulfide) groups is 1. The predicted octanol–water partition coefficient (Wildman–Crippen LogP) is 3.46. The second kappa shape index (κ2) is 6.53. The number of fused-ring (bicyclic) bond motifs is 2. The molecule has 0 aliphatic carbocycles. The number of nitrogens with one attached hydrogen (secondary N) is 2. The number of aromatic nitrogens is 3. The molecule has 1 aliphatic rings. The van der Waals surface area contributed by atoms with Crippen LogP contribution >= 0.6 is 11.8 Å². The Hall–Kier alpha value is -2.74. The van der Waals surface area contributed by atoms with Gasteiger partial charge in [-0.05, 0) is 19.2 Å². The predicted molar refractivity (Wildman–Crippen MR) is 101 cm³/mol. The van der Waals surface area contributed by atoms with Gasteiger partial charge < -0.3 is 19.8 Å². The standard InChI is InChI=1S/C18H18N4O3S/c1-9-8-24-18-14(25-9)5-16(26-3)22-17(18)12-6-19-13-7-20-15(4-11(12)13)21-10(2)23/h4-7,9,19H,8H2,1-3H3,(H,20,21,23)/t9-/m0/s1. The number of ether oxygens (including phenoxy) is 2. The third kappa shape index (κ3) is 2.96. The first kappa shape index (κ1) is 16.7. The highest BCUT2D eigenvalue weighted by atomic mass is 32.2. The summed E-state index contributed by atoms with van der Waals surface area (Å²) in [5.41, 5.74) is 2.44. The number of carbonyl (C=O) groups is 1. The van der Waals surface area contributed by atoms with Crippen LogP contribution in [-0.4, -0.2) is 39.8 Å². The van der Waals surface area contributed by atoms with E-state index in [0.29, 0.717) is 29.6 Å². The van der Waals surface area contributed by atoms with Crippen LogP contribution in [0.1, 0.15) is 13.8 Å². The molecule has 0 unspecified atom stereocenters. The Bertz CT molecular complexity index is 1000. The van der Waals surface area contributed by atoms with Crippen LogP contribution in [0.5, 0.6) is 11.5 Å². The van der Waals surface area contributed by atoms with Crippen molar-refractivity contribution in [2.45, 2.75) is 25.0 Å². The fourth-order valence-electron chi connectivity index (χ4n) is 2.92. The number of pyridine rings is 2. The van der Waals surface area contributed by atoms with E-state index in [-0.39, 0.29) is 12.0 Å². The molecule has 0 spiro atoms. The highest BCUT2D eigenvalue weighted by molar-refractivity contribution is 7.98. The van der Waals surface area contributed by atoms with E-state index in [2.05, 4.69) is 15.3 Å². The lowest BCUT2D eigenvalue weighted by atomic mass is 10.1. The topological polar surface area (TPSA) is 89.1 Å². The molecule has 0 bridgehead atoms. The molecule has 8 heteroatoms. The molecule has 0 saturated carbocycles. The molecule has 0 radical (unpaired) electrons. The summed E-state index contributed by atoms with van der Waals surface area (Å²) in [5.74, 6) is 1.66. The van der Waals surface area contributed by atoms with Crippen molar-refractivity contribution < 1.29 is 14.3 Å². The Kier molecular flexibility index (Phi) is 4.20. The minimum atomic E-state index is -0.167. The van der Waals surface area contributed by atoms with E-state index in [1.54, 1.807) is 18.0 Å². The number of rotatable bonds is 3. The van der Waals surface area contributed by atoms with Crippen LogP contribution in [0.15, 0.2) is 29.6 Å². The molecule has 0 aromatic carbocycles. The van der Waals surface area contributed by atoms with Gasteiger partial charge >= 0.3 is 0 Å². The number of amides is 1. The highest BCUT2D eigenvalue weighted by Gasteiger charge is 2.25. The van der Waals surface area contributed by atoms with Gasteiger partial charge in [-0.15, -0.1) is 11.8 Å². The van der Waals surface area contributed by atoms with Crippen molar-refractivity contribution in [1.82, 2.24) is 15.0 Å². The van der Waals surface area contributed by atoms with Gasteiger partial charge in [-0.25, -0.2) is 9.97 Å². The first-order valence-corrected chi connectivity index (χ1v) is 9.41. The fourth-order valence-corrected chi connectivity index (χ4v) is 3.33. The number of H-pyrrole nitrogens is 1. The van der Waals surface area contributed by atoms with Gasteiger partial charge in [0.2, 0.25) is 5.91 Å². The summed E-state index contributed by atoms with van der Waals surface area (Å²) in [5, 5.41) is 4.46. The molecule has 134 valence electrons. The van der Waals surface area contributed by atoms with Crippen LogP contribution < -0.4 is 14.8 Å². The molecule has 0 fully saturated rings. The van der Waals surface area contributed by atoms with E-state index in [4.69, 9.17) is 14.5 Å². The second-order valence-corrected chi connectivity index (χ2v) is 6.91. The number of hydrogen-bond acceptors (Lipinski definition) is 6. The molecule has 4 heterocycles. The summed E-state index contributed by atoms with van der Waals surface area (Å²) in [6.45, 7) is 3.90. The van der Waals surface area contributed by atoms with Gasteiger partial charge in [0.25, 0.3) is 0 Å². The van der Waals surface area contributed by atoms with Gasteiger partial charge in [-0.1, -0.05) is 0 Å². The molecule has 2 N–H and O–H groups in total. The monoisotopic (exact) mass is 370 g/mol. The first-order chi connectivity index (χ1) is 12.5. The summed E-state index contributed by atoms with van der Waals surface area (Å²) >= 11 is 1.55. The maximum Gasteiger partial charge on any atom is 0.222 e. The fraction of sp³-hybridized carbons (Fsp3) is 0.278. The molecule has 4 rings (SSSR count). The zero-order chi connectivity index (χ0) is 18.3. The van der Waals surface area contributed by atoms with Crippen molar-refractivity contribution in [2.24, 2.45) is 0 Å². The van der Waals surface area contributed by atoms with E-state index >= 15 is 0 Å². The van der Waals surface area contributed by atoms with E-state index in [1.807, 2.05) is 31.5 Å². The zero-order valence-electron chi connectivity index (χ0n) is 14.6. The largest absolute Gasteiger partial charge is 0.484 e. The van der Waals surface area contributed by atoms with Gasteiger partial charge in [-0.3, -0.25) is 4.79 Å². The van der Waals surface area contributed by atoms with Crippen molar-refractivity contribution in [3.05, 3.63) is 24.5 Å². The van der Waals surface area contributed by atoms with Crippen LogP contribution in [0.4, 0.5) is 5.82 Å². The third-order valence-corrected chi connectivity index (χ3v) is 4.67. The van der Waals surface area contributed by atoms with Crippen molar-refractivity contribution in [1.29, 1.82) is 0 Å². The molecule has 3 aromatic heterocycles. The minimum Gasteiger partial charge on any atom is -0.484 e. The molecule has 1 atom stereocenters. The highest BCUT2D eigenvalue weighted by Crippen LogP contribution is 2.43. The molecule has 7 nitrogen and oxygen atoms in total. The quantitative estimate of drug-likeness (QED) is 0.686. The van der Waals surface area contributed by atoms with Crippen molar-refractivity contribution in [3.63, 3.8) is 0 Å². The van der Waals surface area contributed by atoms with Crippen molar-refractivity contribution >= 4 is 34.4 Å². The van der Waals surface area contributed by atoms with E-state index < -0.39 is 0 Å². The smallest absolute Gasteiger partial charge is 0.222 e. The average Bonchev–Trinajstić information content (AvgIpc) is 3.03. The number of anilines is 1.